The Hall–Kier alpha value is -1.69. The zero-order valence-electron chi connectivity index (χ0n) is 5.20. The summed E-state index contributed by atoms with van der Waals surface area (Å²) in [6.07, 6.45) is 3.56. The lowest BCUT2D eigenvalue weighted by Gasteiger charge is -1.78. The largest absolute Gasteiger partial charge is 0.300 e. The zero-order chi connectivity index (χ0) is 6.97. The van der Waals surface area contributed by atoms with Gasteiger partial charge in [-0.05, 0) is 12.1 Å². The topological polar surface area (TPSA) is 44.0 Å². The summed E-state index contributed by atoms with van der Waals surface area (Å²) in [4.78, 5) is 0. The minimum atomic E-state index is 0.685. The van der Waals surface area contributed by atoms with Crippen molar-refractivity contribution in [3.8, 4) is 6.07 Å². The van der Waals surface area contributed by atoms with Crippen LogP contribution in [0.4, 0.5) is 0 Å². The van der Waals surface area contributed by atoms with Crippen molar-refractivity contribution in [1.82, 2.24) is 9.61 Å². The molecule has 0 radical (unpaired) electrons. The third-order valence-corrected chi connectivity index (χ3v) is 1.49. The van der Waals surface area contributed by atoms with E-state index in [1.807, 2.05) is 18.3 Å². The summed E-state index contributed by atoms with van der Waals surface area (Å²) in [6.45, 7) is 0. The molecule has 3 heteroatoms. The lowest BCUT2D eigenvalue weighted by Crippen LogP contribution is -1.75. The lowest BCUT2D eigenvalue weighted by molar-refractivity contribution is 0.976. The fourth-order valence-electron chi connectivity index (χ4n) is 1.01. The van der Waals surface area contributed by atoms with Crippen molar-refractivity contribution in [2.45, 2.75) is 0 Å². The van der Waals surface area contributed by atoms with E-state index < -0.39 is 0 Å². The van der Waals surface area contributed by atoms with Crippen LogP contribution >= 0.6 is 0 Å². The van der Waals surface area contributed by atoms with Crippen molar-refractivity contribution in [1.29, 1.82) is 5.26 Å². The Morgan fingerprint density at radius 2 is 2.50 bits per heavy atom. The molecule has 0 bridgehead atoms. The second-order valence-corrected chi connectivity index (χ2v) is 2.06. The summed E-state index contributed by atoms with van der Waals surface area (Å²) < 4.78 is 1.80. The number of hydrogen-bond donors (Lipinski definition) is 1. The molecule has 2 aromatic rings. The minimum absolute atomic E-state index is 0.685. The number of fused-ring (bicyclic) bond motifs is 1. The number of nitrogens with one attached hydrogen (secondary N) is 1. The smallest absolute Gasteiger partial charge is 0.103 e. The van der Waals surface area contributed by atoms with E-state index in [9.17, 15) is 0 Å². The summed E-state index contributed by atoms with van der Waals surface area (Å²) in [5.41, 5.74) is 1.62. The number of aromatic amines is 1. The van der Waals surface area contributed by atoms with Crippen LogP contribution in [0.5, 0.6) is 0 Å². The van der Waals surface area contributed by atoms with E-state index in [0.29, 0.717) is 5.56 Å². The first-order chi connectivity index (χ1) is 4.92. The van der Waals surface area contributed by atoms with Gasteiger partial charge >= 0.3 is 0 Å². The van der Waals surface area contributed by atoms with Gasteiger partial charge in [0.1, 0.15) is 6.07 Å². The van der Waals surface area contributed by atoms with Crippen LogP contribution in [0.15, 0.2) is 24.5 Å². The number of aromatic nitrogens is 2. The molecule has 0 saturated heterocycles. The highest BCUT2D eigenvalue weighted by Crippen LogP contribution is 2.08. The van der Waals surface area contributed by atoms with Crippen LogP contribution in [0.2, 0.25) is 0 Å². The van der Waals surface area contributed by atoms with E-state index in [4.69, 9.17) is 5.26 Å². The van der Waals surface area contributed by atoms with Gasteiger partial charge in [0, 0.05) is 12.4 Å². The second kappa shape index (κ2) is 1.64. The van der Waals surface area contributed by atoms with Crippen molar-refractivity contribution >= 4 is 5.52 Å². The summed E-state index contributed by atoms with van der Waals surface area (Å²) in [5.74, 6) is 0. The van der Waals surface area contributed by atoms with Gasteiger partial charge in [-0.2, -0.15) is 5.26 Å². The fourth-order valence-corrected chi connectivity index (χ4v) is 1.01. The molecule has 0 amide bonds. The van der Waals surface area contributed by atoms with Gasteiger partial charge in [-0.3, -0.25) is 4.52 Å². The van der Waals surface area contributed by atoms with Gasteiger partial charge in [0.05, 0.1) is 11.1 Å². The highest BCUT2D eigenvalue weighted by Gasteiger charge is 1.98. The molecule has 0 atom stereocenters. The Labute approximate surface area is 57.5 Å². The van der Waals surface area contributed by atoms with Gasteiger partial charge in [0.2, 0.25) is 0 Å². The first-order valence-electron chi connectivity index (χ1n) is 2.96. The standard InChI is InChI=1S/C7H5N3/c8-4-6-5-9-10-3-1-2-7(6)10/h1-3,5,9H. The van der Waals surface area contributed by atoms with Crippen molar-refractivity contribution < 1.29 is 0 Å². The fraction of sp³-hybridized carbons (Fsp3) is 0. The monoisotopic (exact) mass is 131 g/mol. The third-order valence-electron chi connectivity index (χ3n) is 1.49. The molecular weight excluding hydrogens is 126 g/mol. The van der Waals surface area contributed by atoms with Crippen molar-refractivity contribution in [2.24, 2.45) is 0 Å². The Morgan fingerprint density at radius 3 is 3.30 bits per heavy atom. The van der Waals surface area contributed by atoms with E-state index in [2.05, 4.69) is 11.2 Å². The molecule has 2 aromatic heterocycles. The van der Waals surface area contributed by atoms with Crippen molar-refractivity contribution in [2.75, 3.05) is 0 Å². The first-order valence-corrected chi connectivity index (χ1v) is 2.96. The third kappa shape index (κ3) is 0.477. The Bertz CT molecular complexity index is 388. The van der Waals surface area contributed by atoms with Crippen LogP contribution in [0, 0.1) is 11.3 Å². The quantitative estimate of drug-likeness (QED) is 0.572. The van der Waals surface area contributed by atoms with Crippen LogP contribution in [0.1, 0.15) is 5.56 Å². The maximum Gasteiger partial charge on any atom is 0.103 e. The van der Waals surface area contributed by atoms with Crippen LogP contribution in [-0.4, -0.2) is 9.61 Å². The SMILES string of the molecule is N#Cc1c[nH]n2cccc12. The first kappa shape index (κ1) is 5.12. The predicted octanol–water partition coefficient (Wildman–Crippen LogP) is 1.14. The van der Waals surface area contributed by atoms with E-state index in [1.165, 1.54) is 0 Å². The minimum Gasteiger partial charge on any atom is -0.300 e. The van der Waals surface area contributed by atoms with E-state index in [0.717, 1.165) is 5.52 Å². The van der Waals surface area contributed by atoms with E-state index >= 15 is 0 Å². The number of H-pyrrole nitrogens is 1. The molecule has 1 N–H and O–H groups in total. The molecule has 0 unspecified atom stereocenters. The molecule has 0 aliphatic heterocycles. The van der Waals surface area contributed by atoms with Gasteiger partial charge in [0.15, 0.2) is 0 Å². The van der Waals surface area contributed by atoms with Gasteiger partial charge in [-0.1, -0.05) is 0 Å². The molecule has 0 spiro atoms. The molecular formula is C7H5N3. The molecule has 10 heavy (non-hydrogen) atoms. The molecule has 0 aliphatic rings. The number of rotatable bonds is 0. The Balaban J connectivity index is 2.92. The van der Waals surface area contributed by atoms with Gasteiger partial charge in [0.25, 0.3) is 0 Å². The molecule has 2 rings (SSSR count). The van der Waals surface area contributed by atoms with Crippen LogP contribution in [0.3, 0.4) is 0 Å². The van der Waals surface area contributed by atoms with E-state index in [-0.39, 0.29) is 0 Å². The van der Waals surface area contributed by atoms with Crippen LogP contribution in [0.25, 0.3) is 5.52 Å². The zero-order valence-corrected chi connectivity index (χ0v) is 5.20. The maximum atomic E-state index is 8.56. The predicted molar refractivity (Wildman–Crippen MR) is 36.5 cm³/mol. The normalized spacial score (nSPS) is 9.90. The second-order valence-electron chi connectivity index (χ2n) is 2.06. The summed E-state index contributed by atoms with van der Waals surface area (Å²) in [7, 11) is 0. The van der Waals surface area contributed by atoms with Crippen LogP contribution < -0.4 is 0 Å². The summed E-state index contributed by atoms with van der Waals surface area (Å²) >= 11 is 0. The maximum absolute atomic E-state index is 8.56. The molecule has 0 aliphatic carbocycles. The molecule has 48 valence electrons. The van der Waals surface area contributed by atoms with Gasteiger partial charge in [-0.15, -0.1) is 0 Å². The summed E-state index contributed by atoms with van der Waals surface area (Å²) in [6, 6.07) is 5.88. The molecule has 0 aromatic carbocycles. The molecule has 3 nitrogen and oxygen atoms in total. The Kier molecular flexibility index (Phi) is 0.842. The number of nitriles is 1. The highest BCUT2D eigenvalue weighted by molar-refractivity contribution is 5.59. The average Bonchev–Trinajstić information content (AvgIpc) is 2.44. The van der Waals surface area contributed by atoms with E-state index in [1.54, 1.807) is 10.7 Å². The molecule has 0 fully saturated rings. The van der Waals surface area contributed by atoms with Gasteiger partial charge in [-0.25, -0.2) is 0 Å². The average molecular weight is 131 g/mol. The number of hydrogen-bond acceptors (Lipinski definition) is 1. The molecule has 2 heterocycles. The lowest BCUT2D eigenvalue weighted by atomic mass is 10.3. The van der Waals surface area contributed by atoms with Crippen molar-refractivity contribution in [3.63, 3.8) is 0 Å². The number of nitrogens with zero attached hydrogens (tertiary/aromatic N) is 2. The molecule has 0 saturated carbocycles. The summed E-state index contributed by atoms with van der Waals surface area (Å²) in [5, 5.41) is 11.5. The van der Waals surface area contributed by atoms with Gasteiger partial charge < -0.3 is 5.10 Å². The Morgan fingerprint density at radius 1 is 1.60 bits per heavy atom. The highest BCUT2D eigenvalue weighted by atomic mass is 15.2. The van der Waals surface area contributed by atoms with Crippen LogP contribution in [-0.2, 0) is 0 Å². The van der Waals surface area contributed by atoms with Crippen molar-refractivity contribution in [3.05, 3.63) is 30.1 Å².